The highest BCUT2D eigenvalue weighted by atomic mass is 35.5. The van der Waals surface area contributed by atoms with E-state index < -0.39 is 5.82 Å². The average Bonchev–Trinajstić information content (AvgIpc) is 2.85. The van der Waals surface area contributed by atoms with Crippen molar-refractivity contribution in [1.82, 2.24) is 4.90 Å². The third kappa shape index (κ3) is 3.23. The first-order valence-electron chi connectivity index (χ1n) is 9.49. The van der Waals surface area contributed by atoms with Crippen LogP contribution in [0.2, 0.25) is 5.02 Å². The van der Waals surface area contributed by atoms with Crippen LogP contribution < -0.4 is 5.32 Å². The van der Waals surface area contributed by atoms with Gasteiger partial charge in [0, 0.05) is 27.8 Å². The summed E-state index contributed by atoms with van der Waals surface area (Å²) in [6, 6.07) is 9.83. The Balaban J connectivity index is 1.62. The standard InChI is InChI=1S/C22H22ClFN2O2/c1-12(27)13-6-8-17(23)16(10-13)15-4-3-5-18(21(15)24)25-22(28)20-11-14-7-9-19(14)26(20)2/h3-6,8,10,14,19-20H,7,9,11H2,1-2H3,(H,25,28)/t14-,19-,20+/m1/s1. The maximum absolute atomic E-state index is 15.2. The van der Waals surface area contributed by atoms with Gasteiger partial charge < -0.3 is 5.32 Å². The smallest absolute Gasteiger partial charge is 0.241 e. The highest BCUT2D eigenvalue weighted by molar-refractivity contribution is 6.33. The summed E-state index contributed by atoms with van der Waals surface area (Å²) in [5, 5.41) is 3.10. The zero-order valence-corrected chi connectivity index (χ0v) is 16.6. The predicted molar refractivity (Wildman–Crippen MR) is 108 cm³/mol. The first kappa shape index (κ1) is 19.1. The molecule has 28 heavy (non-hydrogen) atoms. The van der Waals surface area contributed by atoms with Crippen molar-refractivity contribution in [3.8, 4) is 11.1 Å². The Kier molecular flexibility index (Phi) is 4.98. The number of fused-ring (bicyclic) bond motifs is 1. The van der Waals surface area contributed by atoms with E-state index in [4.69, 9.17) is 11.6 Å². The topological polar surface area (TPSA) is 49.4 Å². The van der Waals surface area contributed by atoms with Crippen molar-refractivity contribution < 1.29 is 14.0 Å². The van der Waals surface area contributed by atoms with Gasteiger partial charge in [0.05, 0.1) is 11.7 Å². The number of nitrogens with zero attached hydrogens (tertiary/aromatic N) is 1. The molecule has 4 nitrogen and oxygen atoms in total. The van der Waals surface area contributed by atoms with Crippen LogP contribution in [-0.4, -0.2) is 35.7 Å². The quantitative estimate of drug-likeness (QED) is 0.752. The number of amides is 1. The third-order valence-corrected chi connectivity index (χ3v) is 6.47. The van der Waals surface area contributed by atoms with Gasteiger partial charge in [0.15, 0.2) is 11.6 Å². The Labute approximate surface area is 168 Å². The molecular weight excluding hydrogens is 379 g/mol. The highest BCUT2D eigenvalue weighted by Gasteiger charge is 2.47. The Hall–Kier alpha value is -2.24. The molecule has 1 saturated carbocycles. The molecule has 1 N–H and O–H groups in total. The summed E-state index contributed by atoms with van der Waals surface area (Å²) in [4.78, 5) is 26.5. The molecule has 4 rings (SSSR count). The lowest BCUT2D eigenvalue weighted by Gasteiger charge is -2.34. The van der Waals surface area contributed by atoms with Crippen molar-refractivity contribution >= 4 is 29.0 Å². The number of nitrogens with one attached hydrogen (secondary N) is 1. The first-order chi connectivity index (χ1) is 13.4. The first-order valence-corrected chi connectivity index (χ1v) is 9.86. The summed E-state index contributed by atoms with van der Waals surface area (Å²) >= 11 is 6.26. The second-order valence-corrected chi connectivity index (χ2v) is 8.14. The molecular formula is C22H22ClFN2O2. The monoisotopic (exact) mass is 400 g/mol. The number of halogens is 2. The number of likely N-dealkylation sites (N-methyl/N-ethyl adjacent to an activating group) is 1. The van der Waals surface area contributed by atoms with Gasteiger partial charge in [0.25, 0.3) is 0 Å². The van der Waals surface area contributed by atoms with Crippen molar-refractivity contribution in [2.45, 2.75) is 38.3 Å². The van der Waals surface area contributed by atoms with E-state index in [2.05, 4.69) is 10.2 Å². The normalized spacial score (nSPS) is 23.8. The zero-order chi connectivity index (χ0) is 20.0. The summed E-state index contributed by atoms with van der Waals surface area (Å²) in [5.41, 5.74) is 1.26. The molecule has 2 aliphatic rings. The Bertz CT molecular complexity index is 962. The summed E-state index contributed by atoms with van der Waals surface area (Å²) < 4.78 is 15.2. The van der Waals surface area contributed by atoms with Crippen LogP contribution in [0.3, 0.4) is 0 Å². The summed E-state index contributed by atoms with van der Waals surface area (Å²) in [7, 11) is 1.97. The number of anilines is 1. The van der Waals surface area contributed by atoms with Crippen LogP contribution in [0.5, 0.6) is 0 Å². The minimum atomic E-state index is -0.554. The number of hydrogen-bond donors (Lipinski definition) is 1. The predicted octanol–water partition coefficient (Wildman–Crippen LogP) is 4.77. The van der Waals surface area contributed by atoms with Crippen molar-refractivity contribution in [1.29, 1.82) is 0 Å². The van der Waals surface area contributed by atoms with Gasteiger partial charge in [-0.1, -0.05) is 23.7 Å². The van der Waals surface area contributed by atoms with Gasteiger partial charge in [0.2, 0.25) is 5.91 Å². The molecule has 2 aromatic carbocycles. The van der Waals surface area contributed by atoms with Crippen LogP contribution in [0.25, 0.3) is 11.1 Å². The fourth-order valence-corrected chi connectivity index (χ4v) is 4.56. The minimum absolute atomic E-state index is 0.123. The molecule has 0 spiro atoms. The van der Waals surface area contributed by atoms with Crippen LogP contribution in [0.1, 0.15) is 36.5 Å². The number of Topliss-reactive ketones (excluding diaryl/α,β-unsaturated/α-hetero) is 1. The van der Waals surface area contributed by atoms with Crippen LogP contribution in [0.4, 0.5) is 10.1 Å². The molecule has 3 atom stereocenters. The molecule has 0 bridgehead atoms. The van der Waals surface area contributed by atoms with Gasteiger partial charge in [-0.15, -0.1) is 0 Å². The third-order valence-electron chi connectivity index (χ3n) is 6.14. The number of benzene rings is 2. The lowest BCUT2D eigenvalue weighted by molar-refractivity contribution is -0.120. The number of carbonyl (C=O) groups is 2. The SMILES string of the molecule is CC(=O)c1ccc(Cl)c(-c2cccc(NC(=O)[C@@H]3C[C@H]4CC[C@H]4N3C)c2F)c1. The molecule has 1 saturated heterocycles. The van der Waals surface area contributed by atoms with E-state index in [0.717, 1.165) is 19.3 Å². The van der Waals surface area contributed by atoms with Crippen molar-refractivity contribution in [3.05, 3.63) is 52.8 Å². The number of hydrogen-bond acceptors (Lipinski definition) is 3. The lowest BCUT2D eigenvalue weighted by Crippen LogP contribution is -2.43. The molecule has 1 heterocycles. The van der Waals surface area contributed by atoms with E-state index in [0.29, 0.717) is 28.1 Å². The number of ketones is 1. The van der Waals surface area contributed by atoms with Crippen LogP contribution in [0, 0.1) is 11.7 Å². The fraction of sp³-hybridized carbons (Fsp3) is 0.364. The van der Waals surface area contributed by atoms with Gasteiger partial charge in [0.1, 0.15) is 0 Å². The maximum atomic E-state index is 15.2. The highest BCUT2D eigenvalue weighted by Crippen LogP contribution is 2.43. The molecule has 0 radical (unpaired) electrons. The molecule has 2 aromatic rings. The molecule has 1 aliphatic carbocycles. The van der Waals surface area contributed by atoms with Crippen LogP contribution in [0.15, 0.2) is 36.4 Å². The summed E-state index contributed by atoms with van der Waals surface area (Å²) in [5.74, 6) is -0.287. The summed E-state index contributed by atoms with van der Waals surface area (Å²) in [6.07, 6.45) is 3.11. The molecule has 1 amide bonds. The Morgan fingerprint density at radius 2 is 1.96 bits per heavy atom. The Morgan fingerprint density at radius 1 is 1.18 bits per heavy atom. The zero-order valence-electron chi connectivity index (χ0n) is 15.8. The van der Waals surface area contributed by atoms with E-state index in [9.17, 15) is 9.59 Å². The van der Waals surface area contributed by atoms with Gasteiger partial charge >= 0.3 is 0 Å². The van der Waals surface area contributed by atoms with Crippen molar-refractivity contribution in [2.75, 3.05) is 12.4 Å². The van der Waals surface area contributed by atoms with E-state index in [1.54, 1.807) is 36.4 Å². The number of likely N-dealkylation sites (tertiary alicyclic amines) is 1. The van der Waals surface area contributed by atoms with Gasteiger partial charge in [-0.05, 0) is 63.4 Å². The number of carbonyl (C=O) groups excluding carboxylic acids is 2. The molecule has 0 aromatic heterocycles. The lowest BCUT2D eigenvalue weighted by atomic mass is 9.80. The summed E-state index contributed by atoms with van der Waals surface area (Å²) in [6.45, 7) is 1.45. The van der Waals surface area contributed by atoms with Gasteiger partial charge in [-0.25, -0.2) is 4.39 Å². The van der Waals surface area contributed by atoms with Gasteiger partial charge in [-0.2, -0.15) is 0 Å². The second kappa shape index (κ2) is 7.30. The van der Waals surface area contributed by atoms with Gasteiger partial charge in [-0.3, -0.25) is 14.5 Å². The molecule has 2 fully saturated rings. The maximum Gasteiger partial charge on any atom is 0.241 e. The van der Waals surface area contributed by atoms with Crippen LogP contribution in [-0.2, 0) is 4.79 Å². The van der Waals surface area contributed by atoms with Crippen molar-refractivity contribution in [2.24, 2.45) is 5.92 Å². The largest absolute Gasteiger partial charge is 0.322 e. The molecule has 1 aliphatic heterocycles. The number of rotatable bonds is 4. The van der Waals surface area contributed by atoms with E-state index in [-0.39, 0.29) is 29.0 Å². The Morgan fingerprint density at radius 3 is 2.57 bits per heavy atom. The van der Waals surface area contributed by atoms with Crippen molar-refractivity contribution in [3.63, 3.8) is 0 Å². The molecule has 6 heteroatoms. The van der Waals surface area contributed by atoms with Crippen LogP contribution >= 0.6 is 11.6 Å². The molecule has 146 valence electrons. The second-order valence-electron chi connectivity index (χ2n) is 7.73. The molecule has 0 unspecified atom stereocenters. The van der Waals surface area contributed by atoms with E-state index >= 15 is 4.39 Å². The average molecular weight is 401 g/mol. The minimum Gasteiger partial charge on any atom is -0.322 e. The van der Waals surface area contributed by atoms with E-state index in [1.807, 2.05) is 7.05 Å². The van der Waals surface area contributed by atoms with E-state index in [1.165, 1.54) is 6.92 Å². The fourth-order valence-electron chi connectivity index (χ4n) is 4.34.